The molecule has 0 bridgehead atoms. The molecule has 0 aliphatic heterocycles. The minimum absolute atomic E-state index is 0.0248. The number of hydrogen-bond acceptors (Lipinski definition) is 8. The summed E-state index contributed by atoms with van der Waals surface area (Å²) in [6.07, 6.45) is 8.22. The zero-order valence-corrected chi connectivity index (χ0v) is 30.2. The van der Waals surface area contributed by atoms with E-state index in [2.05, 4.69) is 89.6 Å². The number of aromatic nitrogens is 4. The van der Waals surface area contributed by atoms with E-state index in [9.17, 15) is 10.1 Å². The number of rotatable bonds is 14. The number of fused-ring (bicyclic) bond motifs is 2. The summed E-state index contributed by atoms with van der Waals surface area (Å²) < 4.78 is 0. The lowest BCUT2D eigenvalue weighted by molar-refractivity contribution is 0.0827. The van der Waals surface area contributed by atoms with E-state index in [1.165, 1.54) is 5.56 Å². The molecule has 3 aromatic rings. The first kappa shape index (κ1) is 35.8. The second kappa shape index (κ2) is 15.0. The van der Waals surface area contributed by atoms with Crippen molar-refractivity contribution in [2.45, 2.75) is 88.6 Å². The van der Waals surface area contributed by atoms with Gasteiger partial charge in [-0.05, 0) is 90.5 Å². The number of hydrogen-bond donors (Lipinski definition) is 3. The van der Waals surface area contributed by atoms with Gasteiger partial charge >= 0.3 is 0 Å². The molecule has 2 unspecified atom stereocenters. The van der Waals surface area contributed by atoms with Gasteiger partial charge in [0.1, 0.15) is 6.04 Å². The molecule has 1 heterocycles. The van der Waals surface area contributed by atoms with Gasteiger partial charge in [-0.1, -0.05) is 69.7 Å². The molecule has 0 saturated heterocycles. The number of tetrazole rings is 1. The Kier molecular flexibility index (Phi) is 10.9. The number of carbonyl (C=O) groups excluding carboxylic acids is 1. The van der Waals surface area contributed by atoms with Crippen LogP contribution in [0, 0.1) is 17.2 Å². The average molecular weight is 664 g/mol. The van der Waals surface area contributed by atoms with Gasteiger partial charge in [0.15, 0.2) is 5.82 Å². The van der Waals surface area contributed by atoms with E-state index in [4.69, 9.17) is 5.10 Å². The monoisotopic (exact) mass is 663 g/mol. The van der Waals surface area contributed by atoms with Crippen LogP contribution in [0.25, 0.3) is 5.70 Å². The highest BCUT2D eigenvalue weighted by molar-refractivity contribution is 5.94. The normalized spacial score (nSPS) is 19.0. The summed E-state index contributed by atoms with van der Waals surface area (Å²) >= 11 is 0. The summed E-state index contributed by atoms with van der Waals surface area (Å²) in [4.78, 5) is 16.8. The summed E-state index contributed by atoms with van der Waals surface area (Å²) in [6.45, 7) is 13.6. The Hall–Kier alpha value is -4.49. The quantitative estimate of drug-likeness (QED) is 0.204. The van der Waals surface area contributed by atoms with Crippen LogP contribution in [0.3, 0.4) is 0 Å². The fourth-order valence-corrected chi connectivity index (χ4v) is 7.81. The molecule has 1 amide bonds. The number of H-pyrrole nitrogens is 1. The van der Waals surface area contributed by atoms with Crippen LogP contribution in [-0.2, 0) is 18.3 Å². The Labute approximate surface area is 292 Å². The zero-order chi connectivity index (χ0) is 35.3. The van der Waals surface area contributed by atoms with Crippen molar-refractivity contribution in [1.82, 2.24) is 41.1 Å². The van der Waals surface area contributed by atoms with Crippen molar-refractivity contribution in [3.05, 3.63) is 94.5 Å². The Morgan fingerprint density at radius 1 is 1.02 bits per heavy atom. The van der Waals surface area contributed by atoms with E-state index < -0.39 is 5.41 Å². The molecule has 10 nitrogen and oxygen atoms in total. The van der Waals surface area contributed by atoms with Crippen molar-refractivity contribution >= 4 is 11.6 Å². The van der Waals surface area contributed by atoms with Gasteiger partial charge in [-0.3, -0.25) is 4.79 Å². The summed E-state index contributed by atoms with van der Waals surface area (Å²) in [7, 11) is 7.60. The lowest BCUT2D eigenvalue weighted by Gasteiger charge is -2.42. The van der Waals surface area contributed by atoms with Crippen LogP contribution in [0.5, 0.6) is 0 Å². The number of nitriles is 1. The van der Waals surface area contributed by atoms with Crippen LogP contribution in [0.4, 0.5) is 0 Å². The third-order valence-electron chi connectivity index (χ3n) is 10.8. The number of aryl methyl sites for hydroxylation is 2. The fraction of sp³-hybridized carbons (Fsp3) is 0.513. The van der Waals surface area contributed by atoms with Gasteiger partial charge < -0.3 is 20.4 Å². The highest BCUT2D eigenvalue weighted by Crippen LogP contribution is 2.51. The lowest BCUT2D eigenvalue weighted by Crippen LogP contribution is -2.51. The molecule has 5 rings (SSSR count). The molecule has 2 aromatic carbocycles. The Balaban J connectivity index is 1.63. The van der Waals surface area contributed by atoms with E-state index in [0.29, 0.717) is 30.3 Å². The summed E-state index contributed by atoms with van der Waals surface area (Å²) in [5.74, 6) is 1.04. The number of benzene rings is 2. The van der Waals surface area contributed by atoms with Crippen LogP contribution >= 0.6 is 0 Å². The minimum Gasteiger partial charge on any atom is -0.378 e. The number of nitrogens with one attached hydrogen (secondary N) is 3. The van der Waals surface area contributed by atoms with Gasteiger partial charge in [0, 0.05) is 57.2 Å². The lowest BCUT2D eigenvalue weighted by atomic mass is 9.64. The zero-order valence-electron chi connectivity index (χ0n) is 30.2. The molecule has 1 saturated carbocycles. The number of amides is 1. The summed E-state index contributed by atoms with van der Waals surface area (Å²) in [5, 5.41) is 33.6. The maximum absolute atomic E-state index is 13.2. The second-order valence-electron chi connectivity index (χ2n) is 14.6. The van der Waals surface area contributed by atoms with Crippen LogP contribution in [0.15, 0.2) is 55.3 Å². The van der Waals surface area contributed by atoms with Crippen molar-refractivity contribution in [1.29, 1.82) is 5.26 Å². The minimum atomic E-state index is -0.760. The van der Waals surface area contributed by atoms with Gasteiger partial charge in [-0.25, -0.2) is 0 Å². The van der Waals surface area contributed by atoms with E-state index in [1.807, 2.05) is 25.1 Å². The van der Waals surface area contributed by atoms with Crippen molar-refractivity contribution in [3.8, 4) is 6.07 Å². The first-order valence-corrected chi connectivity index (χ1v) is 17.6. The smallest absolute Gasteiger partial charge is 0.253 e. The van der Waals surface area contributed by atoms with E-state index in [0.717, 1.165) is 85.0 Å². The molecule has 2 aliphatic carbocycles. The predicted molar refractivity (Wildman–Crippen MR) is 195 cm³/mol. The van der Waals surface area contributed by atoms with Crippen LogP contribution in [-0.4, -0.2) is 82.6 Å². The van der Waals surface area contributed by atoms with Crippen molar-refractivity contribution in [3.63, 3.8) is 0 Å². The highest BCUT2D eigenvalue weighted by atomic mass is 16.2. The molecule has 3 N–H and O–H groups in total. The molecule has 0 radical (unpaired) electrons. The van der Waals surface area contributed by atoms with E-state index >= 15 is 0 Å². The van der Waals surface area contributed by atoms with Gasteiger partial charge in [-0.15, -0.1) is 10.2 Å². The van der Waals surface area contributed by atoms with Crippen molar-refractivity contribution in [2.24, 2.45) is 5.92 Å². The third kappa shape index (κ3) is 7.42. The number of aromatic amines is 1. The van der Waals surface area contributed by atoms with Crippen LogP contribution in [0.2, 0.25) is 0 Å². The first-order chi connectivity index (χ1) is 23.4. The largest absolute Gasteiger partial charge is 0.378 e. The average Bonchev–Trinajstić information content (AvgIpc) is 3.79. The molecule has 1 aromatic heterocycles. The van der Waals surface area contributed by atoms with Crippen LogP contribution < -0.4 is 10.6 Å². The maximum atomic E-state index is 13.2. The Morgan fingerprint density at radius 2 is 1.65 bits per heavy atom. The second-order valence-corrected chi connectivity index (χ2v) is 14.6. The molecule has 10 heteroatoms. The number of nitrogens with zero attached hydrogens (tertiary/aromatic N) is 6. The standard InChI is InChI=1S/C39H53N9O/c1-9-26(2)20-33(23-40)42-27(3)24-41-38(18-10-11-19-38)25-39(37-43-45-46-44-37)34-16-14-29(28(4)47(5)6)21-30(34)12-13-31-22-32(15-17-35(31)39)36(49)48(7)8/h14-17,21-22,26,33,41-42H,3-4,9-13,18-20,24-25H2,1-2,5-8H3,(H,43,44,45,46)/t26-,33?,39?/m0/s1. The van der Waals surface area contributed by atoms with E-state index in [-0.39, 0.29) is 17.5 Å². The number of carbonyl (C=O) groups is 1. The topological polar surface area (TPSA) is 126 Å². The summed E-state index contributed by atoms with van der Waals surface area (Å²) in [5.41, 5.74) is 7.04. The van der Waals surface area contributed by atoms with Gasteiger partial charge in [0.2, 0.25) is 0 Å². The Bertz CT molecular complexity index is 1620. The summed E-state index contributed by atoms with van der Waals surface area (Å²) in [6, 6.07) is 15.0. The Morgan fingerprint density at radius 3 is 2.20 bits per heavy atom. The molecular weight excluding hydrogens is 610 g/mol. The molecule has 1 fully saturated rings. The molecule has 3 atom stereocenters. The molecule has 2 aliphatic rings. The van der Waals surface area contributed by atoms with Crippen molar-refractivity contribution in [2.75, 3.05) is 34.7 Å². The van der Waals surface area contributed by atoms with E-state index in [1.54, 1.807) is 19.0 Å². The molecular formula is C39H53N9O. The van der Waals surface area contributed by atoms with Gasteiger partial charge in [0.05, 0.1) is 11.5 Å². The van der Waals surface area contributed by atoms with Gasteiger partial charge in [-0.2, -0.15) is 10.5 Å². The maximum Gasteiger partial charge on any atom is 0.253 e. The fourth-order valence-electron chi connectivity index (χ4n) is 7.81. The predicted octanol–water partition coefficient (Wildman–Crippen LogP) is 5.59. The molecule has 0 spiro atoms. The molecule has 260 valence electrons. The van der Waals surface area contributed by atoms with Gasteiger partial charge in [0.25, 0.3) is 5.91 Å². The third-order valence-corrected chi connectivity index (χ3v) is 10.8. The molecule has 49 heavy (non-hydrogen) atoms. The van der Waals surface area contributed by atoms with Crippen LogP contribution in [0.1, 0.15) is 103 Å². The highest BCUT2D eigenvalue weighted by Gasteiger charge is 2.51. The first-order valence-electron chi connectivity index (χ1n) is 17.6. The van der Waals surface area contributed by atoms with Crippen molar-refractivity contribution < 1.29 is 4.79 Å². The SMILES string of the molecule is C=C(CNC1(CC2(c3nn[nH]n3)c3ccc(C(=C)N(C)C)cc3CCc3cc(C(=O)N(C)C)ccc32)CCCC1)NC(C#N)C[C@@H](C)CC.